The molecule has 120 valence electrons. The molecule has 1 fully saturated rings. The van der Waals surface area contributed by atoms with E-state index in [1.165, 1.54) is 0 Å². The predicted octanol–water partition coefficient (Wildman–Crippen LogP) is 1.06. The molecule has 0 heterocycles. The van der Waals surface area contributed by atoms with Gasteiger partial charge in [-0.1, -0.05) is 6.92 Å². The fraction of sp³-hybridized carbons (Fsp3) is 0.467. The van der Waals surface area contributed by atoms with E-state index in [4.69, 9.17) is 0 Å². The average molecular weight is 324 g/mol. The third kappa shape index (κ3) is 4.84. The molecule has 1 aliphatic rings. The fourth-order valence-electron chi connectivity index (χ4n) is 2.08. The van der Waals surface area contributed by atoms with Gasteiger partial charge >= 0.3 is 0 Å². The van der Waals surface area contributed by atoms with Crippen molar-refractivity contribution in [2.24, 2.45) is 11.8 Å². The van der Waals surface area contributed by atoms with Crippen molar-refractivity contribution in [3.8, 4) is 0 Å². The van der Waals surface area contributed by atoms with Crippen molar-refractivity contribution in [3.05, 3.63) is 29.8 Å². The molecule has 6 nitrogen and oxygen atoms in total. The van der Waals surface area contributed by atoms with Crippen LogP contribution in [-0.4, -0.2) is 38.8 Å². The lowest BCUT2D eigenvalue weighted by Gasteiger charge is -2.07. The smallest absolute Gasteiger partial charge is 0.251 e. The van der Waals surface area contributed by atoms with E-state index in [0.717, 1.165) is 12.7 Å². The Morgan fingerprint density at radius 3 is 2.32 bits per heavy atom. The van der Waals surface area contributed by atoms with E-state index in [9.17, 15) is 18.0 Å². The van der Waals surface area contributed by atoms with Gasteiger partial charge in [0.25, 0.3) is 5.91 Å². The summed E-state index contributed by atoms with van der Waals surface area (Å²) in [4.78, 5) is 23.6. The first kappa shape index (κ1) is 16.5. The molecule has 0 spiro atoms. The van der Waals surface area contributed by atoms with Crippen LogP contribution >= 0.6 is 0 Å². The van der Waals surface area contributed by atoms with Crippen molar-refractivity contribution < 1.29 is 18.0 Å². The van der Waals surface area contributed by atoms with Crippen LogP contribution in [-0.2, 0) is 14.6 Å². The number of rotatable bonds is 6. The zero-order valence-corrected chi connectivity index (χ0v) is 13.4. The number of sulfone groups is 1. The molecule has 0 saturated heterocycles. The number of anilines is 1. The van der Waals surface area contributed by atoms with Gasteiger partial charge in [0.15, 0.2) is 0 Å². The molecule has 0 unspecified atom stereocenters. The number of carbonyl (C=O) groups excluding carboxylic acids is 2. The number of carbonyl (C=O) groups is 2. The summed E-state index contributed by atoms with van der Waals surface area (Å²) in [6, 6.07) is 6.52. The van der Waals surface area contributed by atoms with E-state index < -0.39 is 9.84 Å². The zero-order chi connectivity index (χ0) is 16.3. The summed E-state index contributed by atoms with van der Waals surface area (Å²) in [6.45, 7) is 2.11. The summed E-state index contributed by atoms with van der Waals surface area (Å²) in [5.41, 5.74) is 1.07. The van der Waals surface area contributed by atoms with Gasteiger partial charge < -0.3 is 10.6 Å². The molecule has 1 aromatic rings. The largest absolute Gasteiger partial charge is 0.351 e. The van der Waals surface area contributed by atoms with Crippen molar-refractivity contribution >= 4 is 27.3 Å². The first-order chi connectivity index (χ1) is 10.3. The summed E-state index contributed by atoms with van der Waals surface area (Å²) in [7, 11) is -3.09. The molecule has 2 atom stereocenters. The maximum absolute atomic E-state index is 11.8. The Bertz CT molecular complexity index is 667. The summed E-state index contributed by atoms with van der Waals surface area (Å²) in [6.07, 6.45) is 2.05. The first-order valence-corrected chi connectivity index (χ1v) is 9.19. The summed E-state index contributed by atoms with van der Waals surface area (Å²) in [5.74, 6) is 0.126. The zero-order valence-electron chi connectivity index (χ0n) is 12.6. The maximum atomic E-state index is 11.8. The number of hydrogen-bond donors (Lipinski definition) is 2. The second-order valence-electron chi connectivity index (χ2n) is 5.77. The Balaban J connectivity index is 1.85. The SMILES string of the molecule is C[C@@H]1C[C@@H]1C(=O)Nc1ccc(C(=O)NCCS(C)(=O)=O)cc1. The van der Waals surface area contributed by atoms with E-state index in [1.807, 2.05) is 6.92 Å². The van der Waals surface area contributed by atoms with Gasteiger partial charge in [0, 0.05) is 30.0 Å². The molecule has 0 aliphatic heterocycles. The van der Waals surface area contributed by atoms with Crippen LogP contribution in [0.3, 0.4) is 0 Å². The number of amides is 2. The summed E-state index contributed by atoms with van der Waals surface area (Å²) in [5, 5.41) is 5.36. The van der Waals surface area contributed by atoms with Gasteiger partial charge in [0.05, 0.1) is 5.75 Å². The van der Waals surface area contributed by atoms with E-state index >= 15 is 0 Å². The Labute approximate surface area is 130 Å². The van der Waals surface area contributed by atoms with Gasteiger partial charge in [0.2, 0.25) is 5.91 Å². The van der Waals surface area contributed by atoms with E-state index in [2.05, 4.69) is 10.6 Å². The molecule has 0 aromatic heterocycles. The Kier molecular flexibility index (Phi) is 4.85. The van der Waals surface area contributed by atoms with Crippen LogP contribution in [0.4, 0.5) is 5.69 Å². The van der Waals surface area contributed by atoms with Crippen LogP contribution in [0.5, 0.6) is 0 Å². The van der Waals surface area contributed by atoms with Crippen LogP contribution in [0.2, 0.25) is 0 Å². The lowest BCUT2D eigenvalue weighted by atomic mass is 10.2. The van der Waals surface area contributed by atoms with Crippen LogP contribution in [0.1, 0.15) is 23.7 Å². The van der Waals surface area contributed by atoms with Crippen LogP contribution < -0.4 is 10.6 Å². The highest BCUT2D eigenvalue weighted by molar-refractivity contribution is 7.90. The normalized spacial score (nSPS) is 20.3. The van der Waals surface area contributed by atoms with Crippen molar-refractivity contribution in [2.45, 2.75) is 13.3 Å². The van der Waals surface area contributed by atoms with Crippen molar-refractivity contribution in [2.75, 3.05) is 23.9 Å². The highest BCUT2D eigenvalue weighted by Gasteiger charge is 2.39. The van der Waals surface area contributed by atoms with E-state index in [-0.39, 0.29) is 30.0 Å². The van der Waals surface area contributed by atoms with Gasteiger partial charge in [-0.05, 0) is 36.6 Å². The fourth-order valence-corrected chi connectivity index (χ4v) is 2.55. The first-order valence-electron chi connectivity index (χ1n) is 7.13. The number of nitrogens with one attached hydrogen (secondary N) is 2. The third-order valence-corrected chi connectivity index (χ3v) is 4.56. The molecule has 1 saturated carbocycles. The quantitative estimate of drug-likeness (QED) is 0.818. The second-order valence-corrected chi connectivity index (χ2v) is 8.03. The predicted molar refractivity (Wildman–Crippen MR) is 84.4 cm³/mol. The minimum Gasteiger partial charge on any atom is -0.351 e. The number of benzene rings is 1. The van der Waals surface area contributed by atoms with Crippen LogP contribution in [0.15, 0.2) is 24.3 Å². The average Bonchev–Trinajstić information content (AvgIpc) is 3.15. The molecular formula is C15H20N2O4S. The van der Waals surface area contributed by atoms with Crippen molar-refractivity contribution in [1.82, 2.24) is 5.32 Å². The molecule has 2 amide bonds. The lowest BCUT2D eigenvalue weighted by molar-refractivity contribution is -0.117. The Morgan fingerprint density at radius 1 is 1.23 bits per heavy atom. The minimum atomic E-state index is -3.09. The molecule has 0 radical (unpaired) electrons. The Morgan fingerprint density at radius 2 is 1.82 bits per heavy atom. The third-order valence-electron chi connectivity index (χ3n) is 3.62. The van der Waals surface area contributed by atoms with E-state index in [0.29, 0.717) is 17.2 Å². The van der Waals surface area contributed by atoms with E-state index in [1.54, 1.807) is 24.3 Å². The highest BCUT2D eigenvalue weighted by Crippen LogP contribution is 2.38. The topological polar surface area (TPSA) is 92.3 Å². The number of hydrogen-bond acceptors (Lipinski definition) is 4. The van der Waals surface area contributed by atoms with Gasteiger partial charge in [-0.3, -0.25) is 9.59 Å². The second kappa shape index (κ2) is 6.48. The molecule has 1 aliphatic carbocycles. The van der Waals surface area contributed by atoms with Crippen LogP contribution in [0, 0.1) is 11.8 Å². The van der Waals surface area contributed by atoms with Crippen LogP contribution in [0.25, 0.3) is 0 Å². The van der Waals surface area contributed by atoms with Gasteiger partial charge in [-0.2, -0.15) is 0 Å². The van der Waals surface area contributed by atoms with Gasteiger partial charge in [-0.25, -0.2) is 8.42 Å². The van der Waals surface area contributed by atoms with Crippen molar-refractivity contribution in [1.29, 1.82) is 0 Å². The molecule has 22 heavy (non-hydrogen) atoms. The van der Waals surface area contributed by atoms with Crippen molar-refractivity contribution in [3.63, 3.8) is 0 Å². The highest BCUT2D eigenvalue weighted by atomic mass is 32.2. The minimum absolute atomic E-state index is 0.0119. The molecule has 2 rings (SSSR count). The molecule has 7 heteroatoms. The monoisotopic (exact) mass is 324 g/mol. The Hall–Kier alpha value is -1.89. The standard InChI is InChI=1S/C15H20N2O4S/c1-10-9-13(10)15(19)17-12-5-3-11(4-6-12)14(18)16-7-8-22(2,20)21/h3-6,10,13H,7-9H2,1-2H3,(H,16,18)(H,17,19)/t10-,13+/m1/s1. The lowest BCUT2D eigenvalue weighted by Crippen LogP contribution is -2.28. The molecule has 1 aromatic carbocycles. The van der Waals surface area contributed by atoms with Gasteiger partial charge in [0.1, 0.15) is 9.84 Å². The van der Waals surface area contributed by atoms with Gasteiger partial charge in [-0.15, -0.1) is 0 Å². The summed E-state index contributed by atoms with van der Waals surface area (Å²) >= 11 is 0. The molecule has 2 N–H and O–H groups in total. The molecule has 0 bridgehead atoms. The molecular weight excluding hydrogens is 304 g/mol. The summed E-state index contributed by atoms with van der Waals surface area (Å²) < 4.78 is 22.0. The maximum Gasteiger partial charge on any atom is 0.251 e.